The lowest BCUT2D eigenvalue weighted by atomic mass is 9.90. The number of nitrogens with zero attached hydrogens (tertiary/aromatic N) is 2. The molecule has 2 N–H and O–H groups in total. The maximum Gasteiger partial charge on any atom is 0.433 e. The van der Waals surface area contributed by atoms with Crippen molar-refractivity contribution in [2.45, 2.75) is 43.9 Å². The summed E-state index contributed by atoms with van der Waals surface area (Å²) in [5.41, 5.74) is 0.102. The summed E-state index contributed by atoms with van der Waals surface area (Å²) in [6, 6.07) is 12.8. The SMILES string of the molecule is COc1cccc(C(=O)N[C@H]2CC[C@@H](Nc3cc(C(F)(F)F)nc4ccccc34)CC2)n1. The number of carbonyl (C=O) groups is 1. The Labute approximate surface area is 183 Å². The molecule has 6 nitrogen and oxygen atoms in total. The molecule has 0 aliphatic heterocycles. The van der Waals surface area contributed by atoms with E-state index in [9.17, 15) is 18.0 Å². The Hall–Kier alpha value is -3.36. The molecule has 1 aromatic carbocycles. The van der Waals surface area contributed by atoms with Crippen LogP contribution < -0.4 is 15.4 Å². The van der Waals surface area contributed by atoms with Crippen molar-refractivity contribution >= 4 is 22.5 Å². The van der Waals surface area contributed by atoms with Crippen molar-refractivity contribution in [3.8, 4) is 5.88 Å². The second-order valence-electron chi connectivity index (χ2n) is 7.80. The Balaban J connectivity index is 1.41. The van der Waals surface area contributed by atoms with E-state index in [-0.39, 0.29) is 23.7 Å². The van der Waals surface area contributed by atoms with E-state index >= 15 is 0 Å². The summed E-state index contributed by atoms with van der Waals surface area (Å²) < 4.78 is 44.9. The molecule has 0 spiro atoms. The molecule has 1 aliphatic carbocycles. The molecule has 1 saturated carbocycles. The van der Waals surface area contributed by atoms with E-state index in [1.165, 1.54) is 7.11 Å². The number of hydrogen-bond acceptors (Lipinski definition) is 5. The number of halogens is 3. The lowest BCUT2D eigenvalue weighted by Gasteiger charge is -2.30. The van der Waals surface area contributed by atoms with Gasteiger partial charge in [-0.15, -0.1) is 0 Å². The van der Waals surface area contributed by atoms with E-state index in [1.54, 1.807) is 42.5 Å². The second-order valence-corrected chi connectivity index (χ2v) is 7.80. The fraction of sp³-hybridized carbons (Fsp3) is 0.348. The minimum atomic E-state index is -4.52. The maximum absolute atomic E-state index is 13.3. The van der Waals surface area contributed by atoms with Crippen molar-refractivity contribution in [2.24, 2.45) is 0 Å². The highest BCUT2D eigenvalue weighted by molar-refractivity contribution is 5.93. The fourth-order valence-electron chi connectivity index (χ4n) is 3.96. The number of rotatable bonds is 5. The first-order chi connectivity index (χ1) is 15.3. The van der Waals surface area contributed by atoms with Crippen molar-refractivity contribution in [1.82, 2.24) is 15.3 Å². The number of para-hydroxylation sites is 1. The summed E-state index contributed by atoms with van der Waals surface area (Å²) in [7, 11) is 1.49. The Kier molecular flexibility index (Phi) is 6.16. The summed E-state index contributed by atoms with van der Waals surface area (Å²) in [6.45, 7) is 0. The molecule has 0 unspecified atom stereocenters. The normalized spacial score (nSPS) is 18.9. The highest BCUT2D eigenvalue weighted by atomic mass is 19.4. The van der Waals surface area contributed by atoms with Gasteiger partial charge in [0, 0.05) is 29.2 Å². The quantitative estimate of drug-likeness (QED) is 0.591. The topological polar surface area (TPSA) is 76.1 Å². The monoisotopic (exact) mass is 444 g/mol. The molecule has 9 heteroatoms. The van der Waals surface area contributed by atoms with Crippen LogP contribution in [0.1, 0.15) is 41.9 Å². The van der Waals surface area contributed by atoms with Crippen molar-refractivity contribution in [1.29, 1.82) is 0 Å². The first kappa shape index (κ1) is 21.9. The van der Waals surface area contributed by atoms with Crippen LogP contribution >= 0.6 is 0 Å². The van der Waals surface area contributed by atoms with Crippen molar-refractivity contribution in [3.05, 3.63) is 59.9 Å². The molecule has 3 aromatic rings. The highest BCUT2D eigenvalue weighted by Crippen LogP contribution is 2.34. The average molecular weight is 444 g/mol. The zero-order valence-corrected chi connectivity index (χ0v) is 17.4. The molecule has 0 atom stereocenters. The molecule has 1 fully saturated rings. The van der Waals surface area contributed by atoms with Crippen LogP contribution in [0.3, 0.4) is 0 Å². The lowest BCUT2D eigenvalue weighted by molar-refractivity contribution is -0.140. The Morgan fingerprint density at radius 1 is 1.00 bits per heavy atom. The number of hydrogen-bond donors (Lipinski definition) is 2. The van der Waals surface area contributed by atoms with Gasteiger partial charge in [0.15, 0.2) is 0 Å². The third kappa shape index (κ3) is 4.92. The van der Waals surface area contributed by atoms with Gasteiger partial charge in [0.25, 0.3) is 5.91 Å². The van der Waals surface area contributed by atoms with Crippen LogP contribution in [0.4, 0.5) is 18.9 Å². The van der Waals surface area contributed by atoms with Gasteiger partial charge in [0.2, 0.25) is 5.88 Å². The smallest absolute Gasteiger partial charge is 0.433 e. The molecular weight excluding hydrogens is 421 g/mol. The van der Waals surface area contributed by atoms with Crippen molar-refractivity contribution in [3.63, 3.8) is 0 Å². The molecule has 2 aromatic heterocycles. The number of methoxy groups -OCH3 is 1. The predicted octanol–water partition coefficient (Wildman–Crippen LogP) is 4.81. The zero-order chi connectivity index (χ0) is 22.7. The number of amides is 1. The summed E-state index contributed by atoms with van der Waals surface area (Å²) in [5.74, 6) is 0.101. The highest BCUT2D eigenvalue weighted by Gasteiger charge is 2.34. The van der Waals surface area contributed by atoms with Crippen LogP contribution in [0.5, 0.6) is 5.88 Å². The molecular formula is C23H23F3N4O2. The summed E-state index contributed by atoms with van der Waals surface area (Å²) in [4.78, 5) is 20.4. The van der Waals surface area contributed by atoms with Crippen LogP contribution in [0.2, 0.25) is 0 Å². The number of ether oxygens (including phenoxy) is 1. The van der Waals surface area contributed by atoms with Gasteiger partial charge < -0.3 is 15.4 Å². The molecule has 0 saturated heterocycles. The van der Waals surface area contributed by atoms with Crippen LogP contribution in [0, 0.1) is 0 Å². The Morgan fingerprint density at radius 3 is 2.44 bits per heavy atom. The fourth-order valence-corrected chi connectivity index (χ4v) is 3.96. The van der Waals surface area contributed by atoms with Gasteiger partial charge in [-0.3, -0.25) is 4.79 Å². The maximum atomic E-state index is 13.3. The number of fused-ring (bicyclic) bond motifs is 1. The molecule has 0 radical (unpaired) electrons. The summed E-state index contributed by atoms with van der Waals surface area (Å²) in [6.07, 6.45) is -1.66. The number of anilines is 1. The van der Waals surface area contributed by atoms with Crippen LogP contribution in [0.25, 0.3) is 10.9 Å². The number of aromatic nitrogens is 2. The second kappa shape index (κ2) is 9.02. The van der Waals surface area contributed by atoms with Gasteiger partial charge in [0.05, 0.1) is 12.6 Å². The molecule has 4 rings (SSSR count). The largest absolute Gasteiger partial charge is 0.481 e. The lowest BCUT2D eigenvalue weighted by Crippen LogP contribution is -2.40. The number of carbonyl (C=O) groups excluding carboxylic acids is 1. The third-order valence-corrected chi connectivity index (χ3v) is 5.59. The van der Waals surface area contributed by atoms with Crippen LogP contribution in [0.15, 0.2) is 48.5 Å². The van der Waals surface area contributed by atoms with E-state index in [4.69, 9.17) is 4.74 Å². The van der Waals surface area contributed by atoms with Crippen LogP contribution in [-0.4, -0.2) is 35.1 Å². The van der Waals surface area contributed by atoms with E-state index in [0.29, 0.717) is 48.2 Å². The minimum Gasteiger partial charge on any atom is -0.481 e. The zero-order valence-electron chi connectivity index (χ0n) is 17.4. The standard InChI is InChI=1S/C23H23F3N4O2/c1-32-21-8-4-7-18(30-21)22(31)28-15-11-9-14(10-12-15)27-19-13-20(23(24,25)26)29-17-6-3-2-5-16(17)19/h2-8,13-15H,9-12H2,1H3,(H,27,29)(H,28,31)/t14-,15+. The molecule has 0 bridgehead atoms. The average Bonchev–Trinajstić information content (AvgIpc) is 2.79. The molecule has 2 heterocycles. The first-order valence-corrected chi connectivity index (χ1v) is 10.4. The summed E-state index contributed by atoms with van der Waals surface area (Å²) >= 11 is 0. The van der Waals surface area contributed by atoms with Gasteiger partial charge in [-0.1, -0.05) is 24.3 Å². The van der Waals surface area contributed by atoms with Gasteiger partial charge in [-0.25, -0.2) is 9.97 Å². The number of alkyl halides is 3. The number of pyridine rings is 2. The van der Waals surface area contributed by atoms with Crippen LogP contribution in [-0.2, 0) is 6.18 Å². The van der Waals surface area contributed by atoms with E-state index in [1.807, 2.05) is 0 Å². The first-order valence-electron chi connectivity index (χ1n) is 10.4. The van der Waals surface area contributed by atoms with E-state index in [0.717, 1.165) is 6.07 Å². The van der Waals surface area contributed by atoms with Gasteiger partial charge >= 0.3 is 6.18 Å². The molecule has 168 valence electrons. The Morgan fingerprint density at radius 2 is 1.72 bits per heavy atom. The molecule has 1 aliphatic rings. The number of nitrogens with one attached hydrogen (secondary N) is 2. The van der Waals surface area contributed by atoms with Crippen molar-refractivity contribution in [2.75, 3.05) is 12.4 Å². The predicted molar refractivity (Wildman–Crippen MR) is 115 cm³/mol. The minimum absolute atomic E-state index is 0.00462. The van der Waals surface area contributed by atoms with Gasteiger partial charge in [0.1, 0.15) is 11.4 Å². The number of benzene rings is 1. The summed E-state index contributed by atoms with van der Waals surface area (Å²) in [5, 5.41) is 6.91. The Bertz CT molecular complexity index is 1110. The van der Waals surface area contributed by atoms with E-state index < -0.39 is 11.9 Å². The van der Waals surface area contributed by atoms with E-state index in [2.05, 4.69) is 20.6 Å². The third-order valence-electron chi connectivity index (χ3n) is 5.59. The molecule has 32 heavy (non-hydrogen) atoms. The van der Waals surface area contributed by atoms with Crippen molar-refractivity contribution < 1.29 is 22.7 Å². The van der Waals surface area contributed by atoms with Gasteiger partial charge in [-0.2, -0.15) is 13.2 Å². The molecule has 1 amide bonds. The van der Waals surface area contributed by atoms with Gasteiger partial charge in [-0.05, 0) is 43.9 Å².